The summed E-state index contributed by atoms with van der Waals surface area (Å²) in [6, 6.07) is 31.4. The van der Waals surface area contributed by atoms with Crippen LogP contribution < -0.4 is 0 Å². The molecule has 4 aromatic carbocycles. The summed E-state index contributed by atoms with van der Waals surface area (Å²) in [6.45, 7) is 0. The van der Waals surface area contributed by atoms with Crippen LogP contribution in [0.3, 0.4) is 0 Å². The van der Waals surface area contributed by atoms with E-state index in [2.05, 4.69) is 0 Å². The van der Waals surface area contributed by atoms with Crippen LogP contribution in [0.15, 0.2) is 101 Å². The number of hydrogen-bond donors (Lipinski definition) is 1. The molecule has 29 heavy (non-hydrogen) atoms. The van der Waals surface area contributed by atoms with E-state index in [1.54, 1.807) is 12.1 Å². The number of oxazole rings is 1. The third-order valence-corrected chi connectivity index (χ3v) is 4.78. The van der Waals surface area contributed by atoms with Crippen molar-refractivity contribution in [3.63, 3.8) is 0 Å². The zero-order valence-corrected chi connectivity index (χ0v) is 18.0. The van der Waals surface area contributed by atoms with Crippen LogP contribution in [0, 0.1) is 0 Å². The largest absolute Gasteiger partial charge is 0.508 e. The number of rotatable bonds is 3. The van der Waals surface area contributed by atoms with Gasteiger partial charge in [-0.1, -0.05) is 72.8 Å². The van der Waals surface area contributed by atoms with Gasteiger partial charge in [-0.05, 0) is 35.0 Å². The van der Waals surface area contributed by atoms with E-state index < -0.39 is 0 Å². The summed E-state index contributed by atoms with van der Waals surface area (Å²) in [5.41, 5.74) is 3.73. The van der Waals surface area contributed by atoms with Crippen LogP contribution in [-0.4, -0.2) is 39.6 Å². The molecule has 5 aromatic rings. The number of aromatic hydroxyl groups is 1. The van der Waals surface area contributed by atoms with E-state index in [4.69, 9.17) is 9.40 Å². The van der Waals surface area contributed by atoms with Crippen LogP contribution in [0.2, 0.25) is 0 Å². The average Bonchev–Trinajstić information content (AvgIpc) is 3.20. The molecule has 1 N–H and O–H groups in total. The normalized spacial score (nSPS) is 10.6. The van der Waals surface area contributed by atoms with E-state index in [1.165, 1.54) is 0 Å². The Kier molecular flexibility index (Phi) is 5.54. The van der Waals surface area contributed by atoms with Crippen LogP contribution in [0.4, 0.5) is 0 Å². The molecule has 3 nitrogen and oxygen atoms in total. The van der Waals surface area contributed by atoms with Gasteiger partial charge in [-0.2, -0.15) is 0 Å². The molecule has 0 spiro atoms. The van der Waals surface area contributed by atoms with Crippen molar-refractivity contribution in [3.05, 3.63) is 97.1 Å². The fraction of sp³-hybridized carbons (Fsp3) is 0. The molecule has 0 fully saturated rings. The number of phenols is 1. The van der Waals surface area contributed by atoms with Gasteiger partial charge in [-0.25, -0.2) is 4.98 Å². The van der Waals surface area contributed by atoms with Gasteiger partial charge in [-0.15, -0.1) is 0 Å². The molecule has 0 bridgehead atoms. The Labute approximate surface area is 191 Å². The first-order valence-electron chi connectivity index (χ1n) is 9.13. The predicted molar refractivity (Wildman–Crippen MR) is 118 cm³/mol. The van der Waals surface area contributed by atoms with E-state index in [9.17, 15) is 5.11 Å². The van der Waals surface area contributed by atoms with Gasteiger partial charge in [0.25, 0.3) is 0 Å². The van der Waals surface area contributed by atoms with Gasteiger partial charge in [0.2, 0.25) is 5.89 Å². The smallest absolute Gasteiger partial charge is 0.227 e. The minimum absolute atomic E-state index is 0. The Morgan fingerprint density at radius 2 is 1.24 bits per heavy atom. The van der Waals surface area contributed by atoms with Crippen molar-refractivity contribution in [1.82, 2.24) is 4.98 Å². The van der Waals surface area contributed by atoms with Gasteiger partial charge in [0.1, 0.15) is 11.4 Å². The van der Waals surface area contributed by atoms with Crippen LogP contribution in [0.5, 0.6) is 5.75 Å². The molecule has 1 radical (unpaired) electrons. The van der Waals surface area contributed by atoms with E-state index in [-0.39, 0.29) is 35.3 Å². The number of benzene rings is 4. The minimum Gasteiger partial charge on any atom is -0.508 e. The fourth-order valence-electron chi connectivity index (χ4n) is 3.39. The zero-order chi connectivity index (χ0) is 18.9. The summed E-state index contributed by atoms with van der Waals surface area (Å²) in [6.07, 6.45) is 0. The van der Waals surface area contributed by atoms with Crippen molar-refractivity contribution in [2.24, 2.45) is 0 Å². The molecule has 0 atom stereocenters. The molecule has 5 rings (SSSR count). The summed E-state index contributed by atoms with van der Waals surface area (Å²) in [4.78, 5) is 4.84. The maximum atomic E-state index is 9.68. The molecule has 0 saturated heterocycles. The summed E-state index contributed by atoms with van der Waals surface area (Å²) in [5, 5.41) is 11.7. The number of aromatic nitrogens is 1. The maximum Gasteiger partial charge on any atom is 0.227 e. The molecule has 4 heteroatoms. The third kappa shape index (κ3) is 3.85. The van der Waals surface area contributed by atoms with Crippen molar-refractivity contribution in [1.29, 1.82) is 0 Å². The zero-order valence-electron chi connectivity index (χ0n) is 16.0. The first-order valence-corrected chi connectivity index (χ1v) is 9.13. The van der Waals surface area contributed by atoms with Gasteiger partial charge in [0.15, 0.2) is 5.76 Å². The van der Waals surface area contributed by atoms with E-state index in [1.807, 2.05) is 84.9 Å². The second-order valence-electron chi connectivity index (χ2n) is 6.68. The first-order chi connectivity index (χ1) is 13.8. The monoisotopic (exact) mass is 386 g/mol. The number of phenolic OH excluding ortho intramolecular Hbond substituents is 1. The standard InChI is InChI=1S/C25H17NO2.Na/c27-22-14-13-19-15-21(12-11-20(19)16-22)25-26-23(17-7-3-1-4-8-17)24(28-25)18-9-5-2-6-10-18;/h1-16,27H;. The summed E-state index contributed by atoms with van der Waals surface area (Å²) < 4.78 is 6.25. The van der Waals surface area contributed by atoms with Crippen LogP contribution in [0.25, 0.3) is 44.8 Å². The van der Waals surface area contributed by atoms with Gasteiger partial charge in [0.05, 0.1) is 0 Å². The van der Waals surface area contributed by atoms with E-state index >= 15 is 0 Å². The van der Waals surface area contributed by atoms with Crippen LogP contribution >= 0.6 is 0 Å². The molecule has 0 saturated carbocycles. The topological polar surface area (TPSA) is 46.3 Å². The Balaban J connectivity index is 0.00000205. The summed E-state index contributed by atoms with van der Waals surface area (Å²) in [7, 11) is 0. The summed E-state index contributed by atoms with van der Waals surface area (Å²) >= 11 is 0. The predicted octanol–water partition coefficient (Wildman–Crippen LogP) is 6.15. The maximum absolute atomic E-state index is 9.68. The minimum atomic E-state index is 0. The quantitative estimate of drug-likeness (QED) is 0.378. The number of fused-ring (bicyclic) bond motifs is 1. The van der Waals surface area contributed by atoms with Gasteiger partial charge in [-0.3, -0.25) is 0 Å². The van der Waals surface area contributed by atoms with Crippen molar-refractivity contribution in [2.75, 3.05) is 0 Å². The fourth-order valence-corrected chi connectivity index (χ4v) is 3.39. The van der Waals surface area contributed by atoms with E-state index in [0.717, 1.165) is 38.9 Å². The van der Waals surface area contributed by atoms with Crippen molar-refractivity contribution in [3.8, 4) is 39.8 Å². The van der Waals surface area contributed by atoms with Crippen molar-refractivity contribution in [2.45, 2.75) is 0 Å². The van der Waals surface area contributed by atoms with Gasteiger partial charge >= 0.3 is 0 Å². The molecule has 0 aliphatic carbocycles. The molecule has 1 heterocycles. The van der Waals surface area contributed by atoms with Crippen LogP contribution in [-0.2, 0) is 0 Å². The average molecular weight is 386 g/mol. The molecular weight excluding hydrogens is 369 g/mol. The molecule has 0 aliphatic heterocycles. The van der Waals surface area contributed by atoms with E-state index in [0.29, 0.717) is 5.89 Å². The van der Waals surface area contributed by atoms with Crippen LogP contribution in [0.1, 0.15) is 0 Å². The van der Waals surface area contributed by atoms with Crippen molar-refractivity contribution < 1.29 is 9.52 Å². The Bertz CT molecular complexity index is 1210. The third-order valence-electron chi connectivity index (χ3n) is 4.78. The van der Waals surface area contributed by atoms with Gasteiger partial charge < -0.3 is 9.52 Å². The molecule has 0 unspecified atom stereocenters. The first kappa shape index (κ1) is 19.5. The molecule has 135 valence electrons. The second-order valence-corrected chi connectivity index (χ2v) is 6.68. The molecule has 0 aliphatic rings. The number of nitrogens with zero attached hydrogens (tertiary/aromatic N) is 1. The SMILES string of the molecule is Oc1ccc2cc(-c3nc(-c4ccccc4)c(-c4ccccc4)o3)ccc2c1.[Na]. The molecule has 1 aromatic heterocycles. The summed E-state index contributed by atoms with van der Waals surface area (Å²) in [5.74, 6) is 1.59. The Hall–Kier alpha value is -2.85. The molecule has 0 amide bonds. The second kappa shape index (κ2) is 8.26. The molecular formula is C25H17NNaO2. The van der Waals surface area contributed by atoms with Gasteiger partial charge in [0, 0.05) is 46.2 Å². The van der Waals surface area contributed by atoms with Crippen molar-refractivity contribution >= 4 is 40.3 Å². The Morgan fingerprint density at radius 3 is 1.97 bits per heavy atom. The number of hydrogen-bond acceptors (Lipinski definition) is 3. The Morgan fingerprint density at radius 1 is 0.621 bits per heavy atom.